The smallest absolute Gasteiger partial charge is 0.247 e. The van der Waals surface area contributed by atoms with Gasteiger partial charge in [-0.05, 0) is 37.5 Å². The van der Waals surface area contributed by atoms with E-state index >= 15 is 0 Å². The number of benzene rings is 1. The Balaban J connectivity index is 2.33. The fourth-order valence-electron chi connectivity index (χ4n) is 3.57. The highest BCUT2D eigenvalue weighted by atomic mass is 32.2. The third-order valence-corrected chi connectivity index (χ3v) is 7.48. The molecular formula is C23H37F2N3O2S. The lowest BCUT2D eigenvalue weighted by Gasteiger charge is -2.21. The Labute approximate surface area is 185 Å². The number of alkyl halides is 2. The van der Waals surface area contributed by atoms with Crippen LogP contribution in [-0.4, -0.2) is 36.7 Å². The van der Waals surface area contributed by atoms with E-state index in [1.807, 2.05) is 13.0 Å². The molecule has 2 rings (SSSR count). The van der Waals surface area contributed by atoms with Crippen LogP contribution >= 0.6 is 0 Å². The van der Waals surface area contributed by atoms with Crippen LogP contribution in [0.4, 0.5) is 14.5 Å². The molecule has 0 N–H and O–H groups in total. The second kappa shape index (κ2) is 9.84. The summed E-state index contributed by atoms with van der Waals surface area (Å²) in [5.74, 6) is -1.62. The van der Waals surface area contributed by atoms with Crippen LogP contribution in [-0.2, 0) is 22.0 Å². The molecule has 8 heteroatoms. The van der Waals surface area contributed by atoms with E-state index in [-0.39, 0.29) is 24.0 Å². The first-order chi connectivity index (χ1) is 14.3. The van der Waals surface area contributed by atoms with Crippen molar-refractivity contribution in [3.8, 4) is 0 Å². The van der Waals surface area contributed by atoms with Gasteiger partial charge in [0, 0.05) is 31.8 Å². The summed E-state index contributed by atoms with van der Waals surface area (Å²) in [6.07, 6.45) is 2.28. The average molecular weight is 458 g/mol. The zero-order chi connectivity index (χ0) is 23.4. The van der Waals surface area contributed by atoms with E-state index in [4.69, 9.17) is 4.98 Å². The molecule has 1 aromatic heterocycles. The number of imidazole rings is 1. The van der Waals surface area contributed by atoms with Gasteiger partial charge in [0.05, 0.1) is 22.5 Å². The highest BCUT2D eigenvalue weighted by Gasteiger charge is 2.26. The third-order valence-electron chi connectivity index (χ3n) is 5.63. The third kappa shape index (κ3) is 6.40. The van der Waals surface area contributed by atoms with Crippen LogP contribution in [0.1, 0.15) is 79.0 Å². The van der Waals surface area contributed by atoms with Crippen molar-refractivity contribution in [1.29, 1.82) is 0 Å². The Bertz CT molecular complexity index is 979. The van der Waals surface area contributed by atoms with E-state index in [0.29, 0.717) is 31.5 Å². The van der Waals surface area contributed by atoms with Crippen LogP contribution in [0.2, 0.25) is 0 Å². The molecule has 0 aliphatic heterocycles. The molecule has 0 spiro atoms. The lowest BCUT2D eigenvalue weighted by Crippen LogP contribution is -2.28. The molecular weight excluding hydrogens is 420 g/mol. The van der Waals surface area contributed by atoms with Crippen LogP contribution in [0.3, 0.4) is 0 Å². The Kier molecular flexibility index (Phi) is 8.11. The van der Waals surface area contributed by atoms with Gasteiger partial charge in [-0.2, -0.15) is 0 Å². The van der Waals surface area contributed by atoms with E-state index in [2.05, 4.69) is 25.3 Å². The second-order valence-corrected chi connectivity index (χ2v) is 11.4. The van der Waals surface area contributed by atoms with Gasteiger partial charge in [0.2, 0.25) is 15.9 Å². The molecule has 0 aliphatic rings. The maximum Gasteiger partial charge on any atom is 0.247 e. The van der Waals surface area contributed by atoms with Crippen LogP contribution in [0.25, 0.3) is 11.0 Å². The van der Waals surface area contributed by atoms with Crippen molar-refractivity contribution in [1.82, 2.24) is 9.55 Å². The summed E-state index contributed by atoms with van der Waals surface area (Å²) in [6, 6.07) is 5.48. The van der Waals surface area contributed by atoms with Crippen molar-refractivity contribution in [2.45, 2.75) is 91.0 Å². The normalized spacial score (nSPS) is 13.2. The van der Waals surface area contributed by atoms with Gasteiger partial charge in [-0.3, -0.25) is 4.31 Å². The summed E-state index contributed by atoms with van der Waals surface area (Å²) in [7, 11) is -1.81. The molecule has 0 unspecified atom stereocenters. The van der Waals surface area contributed by atoms with Crippen molar-refractivity contribution < 1.29 is 17.2 Å². The Morgan fingerprint density at radius 1 is 1.10 bits per heavy atom. The van der Waals surface area contributed by atoms with E-state index < -0.39 is 15.9 Å². The minimum Gasteiger partial charge on any atom is -0.328 e. The lowest BCUT2D eigenvalue weighted by molar-refractivity contribution is -0.0138. The summed E-state index contributed by atoms with van der Waals surface area (Å²) >= 11 is 0. The number of aromatic nitrogens is 2. The van der Waals surface area contributed by atoms with Crippen LogP contribution in [0, 0.1) is 0 Å². The Morgan fingerprint density at radius 3 is 2.35 bits per heavy atom. The number of sulfonamides is 1. The number of unbranched alkanes of at least 4 members (excludes halogenated alkanes) is 2. The molecule has 0 amide bonds. The summed E-state index contributed by atoms with van der Waals surface area (Å²) in [4.78, 5) is 4.81. The van der Waals surface area contributed by atoms with E-state index in [0.717, 1.165) is 23.3 Å². The molecule has 0 saturated heterocycles. The predicted molar refractivity (Wildman–Crippen MR) is 125 cm³/mol. The van der Waals surface area contributed by atoms with Crippen LogP contribution in [0.5, 0.6) is 0 Å². The monoisotopic (exact) mass is 457 g/mol. The SMILES string of the molecule is CCCCS(=O)(=O)N(C)c1ccc2c(c1)nc(C(C)(C)C)n2CCCCC(F)(F)CC. The first kappa shape index (κ1) is 25.6. The quantitative estimate of drug-likeness (QED) is 0.382. The van der Waals surface area contributed by atoms with Crippen molar-refractivity contribution in [3.05, 3.63) is 24.0 Å². The standard InChI is InChI=1S/C23H37F2N3O2S/c1-7-9-16-31(29,30)27(6)18-12-13-20-19(17-18)26-21(22(3,4)5)28(20)15-11-10-14-23(24,25)8-2/h12-13,17H,7-11,14-16H2,1-6H3. The molecule has 1 aromatic carbocycles. The number of nitrogens with zero attached hydrogens (tertiary/aromatic N) is 3. The first-order valence-electron chi connectivity index (χ1n) is 11.2. The Hall–Kier alpha value is -1.70. The van der Waals surface area contributed by atoms with Crippen molar-refractivity contribution >= 4 is 26.7 Å². The minimum atomic E-state index is -3.38. The van der Waals surface area contributed by atoms with Crippen molar-refractivity contribution in [2.24, 2.45) is 0 Å². The number of anilines is 1. The highest BCUT2D eigenvalue weighted by molar-refractivity contribution is 7.92. The van der Waals surface area contributed by atoms with E-state index in [1.165, 1.54) is 11.2 Å². The summed E-state index contributed by atoms with van der Waals surface area (Å²) < 4.78 is 55.7. The molecule has 31 heavy (non-hydrogen) atoms. The molecule has 176 valence electrons. The molecule has 0 bridgehead atoms. The minimum absolute atomic E-state index is 0.106. The molecule has 0 radical (unpaired) electrons. The molecule has 0 aliphatic carbocycles. The number of hydrogen-bond donors (Lipinski definition) is 0. The van der Waals surface area contributed by atoms with Gasteiger partial charge in [0.25, 0.3) is 0 Å². The molecule has 2 aromatic rings. The number of hydrogen-bond acceptors (Lipinski definition) is 3. The molecule has 0 fully saturated rings. The fraction of sp³-hybridized carbons (Fsp3) is 0.696. The Morgan fingerprint density at radius 2 is 1.77 bits per heavy atom. The maximum atomic E-state index is 13.6. The topological polar surface area (TPSA) is 55.2 Å². The van der Waals surface area contributed by atoms with Crippen LogP contribution in [0.15, 0.2) is 18.2 Å². The van der Waals surface area contributed by atoms with Crippen molar-refractivity contribution in [3.63, 3.8) is 0 Å². The number of halogens is 2. The lowest BCUT2D eigenvalue weighted by atomic mass is 9.95. The van der Waals surface area contributed by atoms with Crippen molar-refractivity contribution in [2.75, 3.05) is 17.1 Å². The summed E-state index contributed by atoms with van der Waals surface area (Å²) in [6.45, 7) is 10.3. The maximum absolute atomic E-state index is 13.6. The van der Waals surface area contributed by atoms with Gasteiger partial charge < -0.3 is 4.57 Å². The molecule has 1 heterocycles. The molecule has 0 saturated carbocycles. The number of rotatable bonds is 11. The zero-order valence-electron chi connectivity index (χ0n) is 19.7. The summed E-state index contributed by atoms with van der Waals surface area (Å²) in [5, 5.41) is 0. The average Bonchev–Trinajstić information content (AvgIpc) is 3.07. The predicted octanol–water partition coefficient (Wildman–Crippen LogP) is 6.12. The summed E-state index contributed by atoms with van der Waals surface area (Å²) in [5.41, 5.74) is 1.97. The largest absolute Gasteiger partial charge is 0.328 e. The van der Waals surface area contributed by atoms with Gasteiger partial charge in [0.15, 0.2) is 0 Å². The molecule has 0 atom stereocenters. The van der Waals surface area contributed by atoms with Crippen LogP contribution < -0.4 is 4.31 Å². The van der Waals surface area contributed by atoms with Gasteiger partial charge in [-0.25, -0.2) is 22.2 Å². The fourth-order valence-corrected chi connectivity index (χ4v) is 4.93. The van der Waals surface area contributed by atoms with Gasteiger partial charge in [-0.15, -0.1) is 0 Å². The van der Waals surface area contributed by atoms with Gasteiger partial charge in [-0.1, -0.05) is 41.0 Å². The van der Waals surface area contributed by atoms with Gasteiger partial charge in [0.1, 0.15) is 5.82 Å². The van der Waals surface area contributed by atoms with E-state index in [9.17, 15) is 17.2 Å². The van der Waals surface area contributed by atoms with E-state index in [1.54, 1.807) is 19.2 Å². The number of aryl methyl sites for hydroxylation is 1. The zero-order valence-corrected chi connectivity index (χ0v) is 20.5. The van der Waals surface area contributed by atoms with Gasteiger partial charge >= 0.3 is 0 Å². The first-order valence-corrected chi connectivity index (χ1v) is 12.8. The highest BCUT2D eigenvalue weighted by Crippen LogP contribution is 2.31. The number of fused-ring (bicyclic) bond motifs is 1. The molecule has 5 nitrogen and oxygen atoms in total. The second-order valence-electron chi connectivity index (χ2n) is 9.31.